The van der Waals surface area contributed by atoms with Gasteiger partial charge in [0.2, 0.25) is 0 Å². The van der Waals surface area contributed by atoms with E-state index in [0.717, 1.165) is 11.0 Å². The highest BCUT2D eigenvalue weighted by molar-refractivity contribution is 6.16. The normalized spacial score (nSPS) is 12.2. The fraction of sp³-hybridized carbons (Fsp3) is 0. The molecule has 0 aliphatic heterocycles. The lowest BCUT2D eigenvalue weighted by molar-refractivity contribution is 1.31. The molecule has 0 amide bonds. The van der Waals surface area contributed by atoms with Crippen LogP contribution in [0.3, 0.4) is 0 Å². The third kappa shape index (κ3) is 3.57. The third-order valence-corrected chi connectivity index (χ3v) is 10.4. The minimum absolute atomic E-state index is 1.15. The van der Waals surface area contributed by atoms with Crippen molar-refractivity contribution in [1.82, 2.24) is 8.80 Å². The van der Waals surface area contributed by atoms with Gasteiger partial charge in [-0.2, -0.15) is 0 Å². The first-order chi connectivity index (χ1) is 23.8. The summed E-state index contributed by atoms with van der Waals surface area (Å²) in [5.41, 5.74) is 9.52. The Balaban J connectivity index is 1.46. The number of rotatable bonds is 1. The maximum atomic E-state index is 2.47. The van der Waals surface area contributed by atoms with Gasteiger partial charge in [0.25, 0.3) is 0 Å². The number of aromatic nitrogens is 2. The Morgan fingerprint density at radius 2 is 0.708 bits per heavy atom. The van der Waals surface area contributed by atoms with Crippen LogP contribution in [-0.4, -0.2) is 8.80 Å². The molecule has 0 aliphatic carbocycles. The van der Waals surface area contributed by atoms with Crippen molar-refractivity contribution in [3.8, 4) is 11.1 Å². The number of hydrogen-bond donors (Lipinski definition) is 0. The second-order valence-corrected chi connectivity index (χ2v) is 13.0. The number of para-hydroxylation sites is 2. The quantitative estimate of drug-likeness (QED) is 0.175. The molecule has 0 spiro atoms. The Morgan fingerprint density at radius 1 is 0.250 bits per heavy atom. The van der Waals surface area contributed by atoms with E-state index in [1.165, 1.54) is 87.1 Å². The van der Waals surface area contributed by atoms with Crippen molar-refractivity contribution in [1.29, 1.82) is 0 Å². The molecule has 48 heavy (non-hydrogen) atoms. The highest BCUT2D eigenvalue weighted by Gasteiger charge is 2.14. The van der Waals surface area contributed by atoms with Gasteiger partial charge < -0.3 is 8.80 Å². The summed E-state index contributed by atoms with van der Waals surface area (Å²) in [6.45, 7) is 0. The smallest absolute Gasteiger partial charge is 0.0547 e. The lowest BCUT2D eigenvalue weighted by Crippen LogP contribution is -1.90. The zero-order chi connectivity index (χ0) is 31.3. The summed E-state index contributed by atoms with van der Waals surface area (Å²) in [4.78, 5) is 0. The molecule has 0 saturated heterocycles. The van der Waals surface area contributed by atoms with E-state index < -0.39 is 0 Å². The largest absolute Gasteiger partial charge is 0.309 e. The van der Waals surface area contributed by atoms with Crippen LogP contribution >= 0.6 is 0 Å². The molecule has 0 unspecified atom stereocenters. The summed E-state index contributed by atoms with van der Waals surface area (Å²) >= 11 is 0. The summed E-state index contributed by atoms with van der Waals surface area (Å²) in [7, 11) is 0. The lowest BCUT2D eigenvalue weighted by Gasteiger charge is -2.09. The predicted molar refractivity (Wildman–Crippen MR) is 205 cm³/mol. The first kappa shape index (κ1) is 25.8. The molecule has 2 nitrogen and oxygen atoms in total. The Labute approximate surface area is 276 Å². The Kier molecular flexibility index (Phi) is 5.14. The van der Waals surface area contributed by atoms with E-state index in [1.807, 2.05) is 0 Å². The molecule has 0 fully saturated rings. The summed E-state index contributed by atoms with van der Waals surface area (Å²) in [5.74, 6) is 0. The second-order valence-electron chi connectivity index (χ2n) is 13.0. The van der Waals surface area contributed by atoms with Crippen LogP contribution in [0.4, 0.5) is 0 Å². The third-order valence-electron chi connectivity index (χ3n) is 10.4. The van der Waals surface area contributed by atoms with Gasteiger partial charge in [-0.05, 0) is 92.0 Å². The first-order valence-corrected chi connectivity index (χ1v) is 16.6. The average Bonchev–Trinajstić information content (AvgIpc) is 3.66. The number of hydrogen-bond acceptors (Lipinski definition) is 0. The van der Waals surface area contributed by atoms with Crippen molar-refractivity contribution in [2.24, 2.45) is 0 Å². The number of fused-ring (bicyclic) bond motifs is 16. The maximum Gasteiger partial charge on any atom is 0.0547 e. The van der Waals surface area contributed by atoms with Crippen LogP contribution in [0.2, 0.25) is 0 Å². The van der Waals surface area contributed by atoms with Crippen LogP contribution in [0.5, 0.6) is 0 Å². The molecule has 8 aromatic carbocycles. The molecule has 0 N–H and O–H groups in total. The van der Waals surface area contributed by atoms with Gasteiger partial charge in [-0.15, -0.1) is 0 Å². The molecule has 3 heterocycles. The van der Waals surface area contributed by atoms with E-state index in [1.54, 1.807) is 0 Å². The van der Waals surface area contributed by atoms with E-state index in [9.17, 15) is 0 Å². The van der Waals surface area contributed by atoms with Crippen LogP contribution in [0.1, 0.15) is 0 Å². The van der Waals surface area contributed by atoms with Gasteiger partial charge in [-0.1, -0.05) is 121 Å². The van der Waals surface area contributed by atoms with Gasteiger partial charge in [-0.25, -0.2) is 0 Å². The minimum atomic E-state index is 1.15. The number of nitrogens with zero attached hydrogens (tertiary/aromatic N) is 2. The van der Waals surface area contributed by atoms with Gasteiger partial charge in [0.05, 0.1) is 22.1 Å². The van der Waals surface area contributed by atoms with Crippen LogP contribution in [0, 0.1) is 0 Å². The average molecular weight is 609 g/mol. The van der Waals surface area contributed by atoms with Gasteiger partial charge in [0.1, 0.15) is 0 Å². The molecule has 0 saturated carbocycles. The van der Waals surface area contributed by atoms with Crippen LogP contribution in [0.15, 0.2) is 170 Å². The molecule has 0 aliphatic rings. The monoisotopic (exact) mass is 608 g/mol. The van der Waals surface area contributed by atoms with E-state index in [0.29, 0.717) is 0 Å². The maximum absolute atomic E-state index is 2.47. The zero-order valence-electron chi connectivity index (χ0n) is 26.1. The zero-order valence-corrected chi connectivity index (χ0v) is 26.1. The van der Waals surface area contributed by atoms with E-state index >= 15 is 0 Å². The molecule has 0 radical (unpaired) electrons. The summed E-state index contributed by atoms with van der Waals surface area (Å²) in [5, 5.41) is 12.4. The van der Waals surface area contributed by atoms with E-state index in [4.69, 9.17) is 0 Å². The second kappa shape index (κ2) is 9.57. The Bertz CT molecular complexity index is 3000. The molecule has 0 atom stereocenters. The van der Waals surface area contributed by atoms with Crippen LogP contribution in [0.25, 0.3) is 98.1 Å². The molecule has 6 bridgehead atoms. The molecule has 3 aromatic heterocycles. The molecule has 222 valence electrons. The fourth-order valence-electron chi connectivity index (χ4n) is 8.21. The summed E-state index contributed by atoms with van der Waals surface area (Å²) in [6, 6.07) is 63.1. The molecular formula is C46H28N2. The predicted octanol–water partition coefficient (Wildman–Crippen LogP) is 12.5. The van der Waals surface area contributed by atoms with Crippen LogP contribution in [-0.2, 0) is 0 Å². The molecule has 11 rings (SSSR count). The van der Waals surface area contributed by atoms with E-state index in [-0.39, 0.29) is 0 Å². The Hall–Kier alpha value is -6.38. The van der Waals surface area contributed by atoms with Gasteiger partial charge >= 0.3 is 0 Å². The van der Waals surface area contributed by atoms with Crippen molar-refractivity contribution in [3.63, 3.8) is 0 Å². The Morgan fingerprint density at radius 3 is 1.29 bits per heavy atom. The number of benzene rings is 8. The minimum Gasteiger partial charge on any atom is -0.309 e. The SMILES string of the molecule is c1ccc2cc(-c3cc4cc(c3)n3c5ccccc5c5ccc(cc53)c3ccccc3c3ccc5c6ccccc6n4c5c3)ccc2c1. The lowest BCUT2D eigenvalue weighted by atomic mass is 10.0. The summed E-state index contributed by atoms with van der Waals surface area (Å²) < 4.78 is 4.95. The van der Waals surface area contributed by atoms with Crippen molar-refractivity contribution < 1.29 is 0 Å². The topological polar surface area (TPSA) is 8.82 Å². The first-order valence-electron chi connectivity index (χ1n) is 16.6. The van der Waals surface area contributed by atoms with Crippen molar-refractivity contribution in [3.05, 3.63) is 170 Å². The summed E-state index contributed by atoms with van der Waals surface area (Å²) in [6.07, 6.45) is 0. The van der Waals surface area contributed by atoms with Crippen molar-refractivity contribution >= 4 is 87.0 Å². The standard InChI is InChI=1S/C46H28N2/c1-2-10-30-23-31(18-17-29(30)9-1)34-24-35-28-36(25-34)48-44-16-8-6-14-40(44)42-22-20-33(27-46(42)48)38-12-4-3-11-37(38)32-19-21-41-39-13-5-7-15-43(39)47(35)45(41)26-32/h1-28H. The van der Waals surface area contributed by atoms with Crippen molar-refractivity contribution in [2.45, 2.75) is 0 Å². The van der Waals surface area contributed by atoms with Gasteiger partial charge in [0.15, 0.2) is 0 Å². The molecule has 11 aromatic rings. The van der Waals surface area contributed by atoms with Gasteiger partial charge in [-0.3, -0.25) is 0 Å². The highest BCUT2D eigenvalue weighted by atomic mass is 14.9. The van der Waals surface area contributed by atoms with Crippen LogP contribution < -0.4 is 0 Å². The van der Waals surface area contributed by atoms with Gasteiger partial charge in [0, 0.05) is 32.6 Å². The van der Waals surface area contributed by atoms with Crippen molar-refractivity contribution in [2.75, 3.05) is 0 Å². The van der Waals surface area contributed by atoms with E-state index in [2.05, 4.69) is 179 Å². The highest BCUT2D eigenvalue weighted by Crippen LogP contribution is 2.37. The fourth-order valence-corrected chi connectivity index (χ4v) is 8.21. The molecule has 2 heteroatoms. The molecular weight excluding hydrogens is 581 g/mol.